The number of aryl methyl sites for hydroxylation is 1. The first-order valence-corrected chi connectivity index (χ1v) is 8.93. The van der Waals surface area contributed by atoms with Gasteiger partial charge in [-0.1, -0.05) is 12.1 Å². The van der Waals surface area contributed by atoms with Crippen molar-refractivity contribution in [3.8, 4) is 5.75 Å². The van der Waals surface area contributed by atoms with Crippen molar-refractivity contribution in [2.24, 2.45) is 0 Å². The molecule has 2 aromatic rings. The van der Waals surface area contributed by atoms with Gasteiger partial charge in [-0.25, -0.2) is 4.79 Å². The first-order valence-electron chi connectivity index (χ1n) is 8.93. The minimum absolute atomic E-state index is 0.0581. The maximum absolute atomic E-state index is 12.6. The standard InChI is InChI=1S/C20H20F3NO4/c1-13-10-17(12-19(26)27-13)28-16-6-8-24(9-7-16)18(25)11-14-2-4-15(5-3-14)20(21,22)23/h2-5,10,12,16H,6-9,11H2,1H3. The lowest BCUT2D eigenvalue weighted by atomic mass is 10.0. The van der Waals surface area contributed by atoms with Gasteiger partial charge in [-0.05, 0) is 24.6 Å². The van der Waals surface area contributed by atoms with Gasteiger partial charge in [-0.2, -0.15) is 13.2 Å². The smallest absolute Gasteiger partial charge is 0.416 e. The van der Waals surface area contributed by atoms with Crippen LogP contribution in [0.15, 0.2) is 45.6 Å². The molecule has 0 bridgehead atoms. The molecule has 1 fully saturated rings. The van der Waals surface area contributed by atoms with E-state index in [1.807, 2.05) is 0 Å². The summed E-state index contributed by atoms with van der Waals surface area (Å²) < 4.78 is 48.5. The highest BCUT2D eigenvalue weighted by Gasteiger charge is 2.30. The first kappa shape index (κ1) is 20.0. The van der Waals surface area contributed by atoms with Crippen LogP contribution >= 0.6 is 0 Å². The van der Waals surface area contributed by atoms with Gasteiger partial charge >= 0.3 is 11.8 Å². The predicted octanol–water partition coefficient (Wildman–Crippen LogP) is 3.58. The summed E-state index contributed by atoms with van der Waals surface area (Å²) in [5.74, 6) is 0.782. The van der Waals surface area contributed by atoms with Crippen LogP contribution in [0, 0.1) is 6.92 Å². The molecule has 0 spiro atoms. The summed E-state index contributed by atoms with van der Waals surface area (Å²) >= 11 is 0. The van der Waals surface area contributed by atoms with Crippen molar-refractivity contribution in [2.75, 3.05) is 13.1 Å². The van der Waals surface area contributed by atoms with Gasteiger partial charge in [0, 0.05) is 32.0 Å². The van der Waals surface area contributed by atoms with Crippen molar-refractivity contribution in [1.29, 1.82) is 0 Å². The Hall–Kier alpha value is -2.77. The molecular weight excluding hydrogens is 375 g/mol. The van der Waals surface area contributed by atoms with E-state index in [0.717, 1.165) is 12.1 Å². The predicted molar refractivity (Wildman–Crippen MR) is 95.1 cm³/mol. The molecule has 1 aliphatic heterocycles. The van der Waals surface area contributed by atoms with E-state index in [1.54, 1.807) is 17.9 Å². The minimum Gasteiger partial charge on any atom is -0.490 e. The Bertz CT molecular complexity index is 882. The SMILES string of the molecule is Cc1cc(OC2CCN(C(=O)Cc3ccc(C(F)(F)F)cc3)CC2)cc(=O)o1. The van der Waals surface area contributed by atoms with Crippen molar-refractivity contribution in [3.63, 3.8) is 0 Å². The number of amides is 1. The fourth-order valence-electron chi connectivity index (χ4n) is 3.16. The van der Waals surface area contributed by atoms with Crippen molar-refractivity contribution >= 4 is 5.91 Å². The number of nitrogens with zero attached hydrogens (tertiary/aromatic N) is 1. The second-order valence-corrected chi connectivity index (χ2v) is 6.79. The van der Waals surface area contributed by atoms with E-state index < -0.39 is 17.4 Å². The Morgan fingerprint density at radius 3 is 2.39 bits per heavy atom. The molecule has 150 valence electrons. The summed E-state index contributed by atoms with van der Waals surface area (Å²) in [6, 6.07) is 7.57. The lowest BCUT2D eigenvalue weighted by Crippen LogP contribution is -2.42. The molecule has 2 heterocycles. The van der Waals surface area contributed by atoms with Crippen molar-refractivity contribution < 1.29 is 27.1 Å². The van der Waals surface area contributed by atoms with E-state index in [1.165, 1.54) is 18.2 Å². The van der Waals surface area contributed by atoms with E-state index in [9.17, 15) is 22.8 Å². The molecule has 0 atom stereocenters. The number of hydrogen-bond donors (Lipinski definition) is 0. The molecule has 28 heavy (non-hydrogen) atoms. The van der Waals surface area contributed by atoms with E-state index in [-0.39, 0.29) is 18.4 Å². The number of benzene rings is 1. The normalized spacial score (nSPS) is 15.5. The zero-order valence-corrected chi connectivity index (χ0v) is 15.3. The Balaban J connectivity index is 1.51. The average molecular weight is 395 g/mol. The number of likely N-dealkylation sites (tertiary alicyclic amines) is 1. The second kappa shape index (κ2) is 8.08. The quantitative estimate of drug-likeness (QED) is 0.794. The van der Waals surface area contributed by atoms with E-state index >= 15 is 0 Å². The Kier molecular flexibility index (Phi) is 5.76. The topological polar surface area (TPSA) is 59.8 Å². The van der Waals surface area contributed by atoms with Crippen LogP contribution in [-0.2, 0) is 17.4 Å². The number of ether oxygens (including phenoxy) is 1. The van der Waals surface area contributed by atoms with Gasteiger partial charge in [0.2, 0.25) is 5.91 Å². The molecule has 0 N–H and O–H groups in total. The average Bonchev–Trinajstić information content (AvgIpc) is 2.61. The van der Waals surface area contributed by atoms with E-state index in [2.05, 4.69) is 0 Å². The molecule has 1 aromatic carbocycles. The van der Waals surface area contributed by atoms with Crippen molar-refractivity contribution in [1.82, 2.24) is 4.90 Å². The third kappa shape index (κ3) is 5.15. The van der Waals surface area contributed by atoms with Crippen LogP contribution in [-0.4, -0.2) is 30.0 Å². The highest BCUT2D eigenvalue weighted by Crippen LogP contribution is 2.29. The first-order chi connectivity index (χ1) is 13.2. The fraction of sp³-hybridized carbons (Fsp3) is 0.400. The van der Waals surface area contributed by atoms with Crippen molar-refractivity contribution in [2.45, 2.75) is 38.5 Å². The number of carbonyl (C=O) groups excluding carboxylic acids is 1. The number of halogens is 3. The van der Waals surface area contributed by atoms with Crippen LogP contribution in [0.3, 0.4) is 0 Å². The van der Waals surface area contributed by atoms with Gasteiger partial charge in [0.1, 0.15) is 17.6 Å². The van der Waals surface area contributed by atoms with Gasteiger partial charge < -0.3 is 14.1 Å². The third-order valence-corrected chi connectivity index (χ3v) is 4.60. The second-order valence-electron chi connectivity index (χ2n) is 6.79. The number of piperidine rings is 1. The minimum atomic E-state index is -4.39. The lowest BCUT2D eigenvalue weighted by Gasteiger charge is -2.32. The Morgan fingerprint density at radius 1 is 1.18 bits per heavy atom. The maximum Gasteiger partial charge on any atom is 0.416 e. The van der Waals surface area contributed by atoms with Crippen LogP contribution in [0.5, 0.6) is 5.75 Å². The summed E-state index contributed by atoms with van der Waals surface area (Å²) in [7, 11) is 0. The number of hydrogen-bond acceptors (Lipinski definition) is 4. The van der Waals surface area contributed by atoms with Gasteiger partial charge in [-0.3, -0.25) is 4.79 Å². The van der Waals surface area contributed by atoms with Gasteiger partial charge in [0.15, 0.2) is 0 Å². The molecule has 8 heteroatoms. The maximum atomic E-state index is 12.6. The van der Waals surface area contributed by atoms with Crippen LogP contribution in [0.2, 0.25) is 0 Å². The Morgan fingerprint density at radius 2 is 1.82 bits per heavy atom. The fourth-order valence-corrected chi connectivity index (χ4v) is 3.16. The number of rotatable bonds is 4. The van der Waals surface area contributed by atoms with Crippen LogP contribution < -0.4 is 10.4 Å². The Labute approximate surface area is 159 Å². The molecule has 0 saturated carbocycles. The molecule has 0 aliphatic carbocycles. The zero-order chi connectivity index (χ0) is 20.3. The summed E-state index contributed by atoms with van der Waals surface area (Å²) in [6.45, 7) is 2.64. The van der Waals surface area contributed by atoms with Gasteiger partial charge in [0.25, 0.3) is 0 Å². The summed E-state index contributed by atoms with van der Waals surface area (Å²) in [5, 5.41) is 0. The van der Waals surface area contributed by atoms with Gasteiger partial charge in [-0.15, -0.1) is 0 Å². The van der Waals surface area contributed by atoms with Crippen molar-refractivity contribution in [3.05, 3.63) is 63.7 Å². The molecule has 3 rings (SSSR count). The monoisotopic (exact) mass is 395 g/mol. The molecule has 5 nitrogen and oxygen atoms in total. The third-order valence-electron chi connectivity index (χ3n) is 4.60. The van der Waals surface area contributed by atoms with Gasteiger partial charge in [0.05, 0.1) is 18.1 Å². The summed E-state index contributed by atoms with van der Waals surface area (Å²) in [5.41, 5.74) is -0.658. The van der Waals surface area contributed by atoms with Crippen LogP contribution in [0.1, 0.15) is 29.7 Å². The van der Waals surface area contributed by atoms with E-state index in [0.29, 0.717) is 43.0 Å². The zero-order valence-electron chi connectivity index (χ0n) is 15.3. The molecule has 1 saturated heterocycles. The molecule has 0 radical (unpaired) electrons. The summed E-state index contributed by atoms with van der Waals surface area (Å²) in [4.78, 5) is 25.5. The molecule has 1 aromatic heterocycles. The molecular formula is C20H20F3NO4. The summed E-state index contributed by atoms with van der Waals surface area (Å²) in [6.07, 6.45) is -3.22. The molecule has 1 aliphatic rings. The highest BCUT2D eigenvalue weighted by molar-refractivity contribution is 5.78. The largest absolute Gasteiger partial charge is 0.490 e. The lowest BCUT2D eigenvalue weighted by molar-refractivity contribution is -0.137. The van der Waals surface area contributed by atoms with Crippen LogP contribution in [0.4, 0.5) is 13.2 Å². The number of alkyl halides is 3. The molecule has 1 amide bonds. The van der Waals surface area contributed by atoms with Crippen LogP contribution in [0.25, 0.3) is 0 Å². The highest BCUT2D eigenvalue weighted by atomic mass is 19.4. The van der Waals surface area contributed by atoms with E-state index in [4.69, 9.17) is 9.15 Å². The molecule has 0 unspecified atom stereocenters. The number of carbonyl (C=O) groups is 1.